The average Bonchev–Trinajstić information content (AvgIpc) is 2.65. The Morgan fingerprint density at radius 1 is 1.23 bits per heavy atom. The summed E-state index contributed by atoms with van der Waals surface area (Å²) in [7, 11) is 4.09. The molecule has 0 spiro atoms. The number of aromatic hydroxyl groups is 1. The molecule has 3 atom stereocenters. The van der Waals surface area contributed by atoms with Gasteiger partial charge in [-0.15, -0.1) is 0 Å². The van der Waals surface area contributed by atoms with E-state index in [0.717, 1.165) is 24.9 Å². The molecule has 0 aromatic heterocycles. The fraction of sp³-hybridized carbons (Fsp3) is 0.409. The highest BCUT2D eigenvalue weighted by Crippen LogP contribution is 2.47. The Hall–Kier alpha value is -2.33. The van der Waals surface area contributed by atoms with E-state index in [1.807, 2.05) is 54.4 Å². The van der Waals surface area contributed by atoms with Crippen molar-refractivity contribution in [2.45, 2.75) is 37.3 Å². The highest BCUT2D eigenvalue weighted by molar-refractivity contribution is 5.94. The normalized spacial score (nSPS) is 27.7. The van der Waals surface area contributed by atoms with E-state index in [4.69, 9.17) is 0 Å². The van der Waals surface area contributed by atoms with E-state index in [1.54, 1.807) is 6.07 Å². The van der Waals surface area contributed by atoms with Crippen molar-refractivity contribution in [3.8, 4) is 5.75 Å². The highest BCUT2D eigenvalue weighted by Gasteiger charge is 2.52. The van der Waals surface area contributed by atoms with Crippen LogP contribution in [0.2, 0.25) is 0 Å². The topological polar surface area (TPSA) is 43.8 Å². The summed E-state index contributed by atoms with van der Waals surface area (Å²) in [6.07, 6.45) is 1.87. The Kier molecular flexibility index (Phi) is 4.03. The molecule has 0 radical (unpaired) electrons. The fourth-order valence-electron chi connectivity index (χ4n) is 5.05. The summed E-state index contributed by atoms with van der Waals surface area (Å²) in [6, 6.07) is 15.6. The molecule has 1 N–H and O–H groups in total. The number of rotatable bonds is 2. The number of phenols is 1. The van der Waals surface area contributed by atoms with Crippen LogP contribution in [0.4, 0.5) is 0 Å². The molecule has 2 aromatic rings. The molecule has 1 heterocycles. The van der Waals surface area contributed by atoms with E-state index in [2.05, 4.69) is 18.9 Å². The van der Waals surface area contributed by atoms with Gasteiger partial charge in [-0.1, -0.05) is 31.2 Å². The molecule has 1 fully saturated rings. The van der Waals surface area contributed by atoms with Crippen LogP contribution in [-0.2, 0) is 11.8 Å². The molecule has 0 saturated carbocycles. The SMILES string of the molecule is CN1CC[C@@]2(C)c3cc(O)ccc3C[C@@H]1[C@@H]2N(C)C(=O)c1ccccc1. The molecule has 26 heavy (non-hydrogen) atoms. The molecule has 4 heteroatoms. The maximum absolute atomic E-state index is 13.2. The second-order valence-electron chi connectivity index (χ2n) is 7.99. The van der Waals surface area contributed by atoms with Crippen LogP contribution in [0, 0.1) is 0 Å². The van der Waals surface area contributed by atoms with E-state index >= 15 is 0 Å². The molecule has 1 amide bonds. The number of carbonyl (C=O) groups excluding carboxylic acids is 1. The van der Waals surface area contributed by atoms with Crippen LogP contribution < -0.4 is 0 Å². The molecule has 1 saturated heterocycles. The Bertz CT molecular complexity index is 835. The van der Waals surface area contributed by atoms with Crippen molar-refractivity contribution >= 4 is 5.91 Å². The third-order valence-corrected chi connectivity index (χ3v) is 6.46. The number of hydrogen-bond donors (Lipinski definition) is 1. The number of nitrogens with zero attached hydrogens (tertiary/aromatic N) is 2. The minimum Gasteiger partial charge on any atom is -0.508 e. The number of hydrogen-bond acceptors (Lipinski definition) is 3. The quantitative estimate of drug-likeness (QED) is 0.905. The summed E-state index contributed by atoms with van der Waals surface area (Å²) in [4.78, 5) is 17.5. The van der Waals surface area contributed by atoms with Gasteiger partial charge in [-0.05, 0) is 61.8 Å². The molecule has 136 valence electrons. The number of fused-ring (bicyclic) bond motifs is 4. The lowest BCUT2D eigenvalue weighted by molar-refractivity contribution is 0.00529. The molecular weight excluding hydrogens is 324 g/mol. The monoisotopic (exact) mass is 350 g/mol. The zero-order valence-corrected chi connectivity index (χ0v) is 15.6. The predicted octanol–water partition coefficient (Wildman–Crippen LogP) is 3.05. The second-order valence-corrected chi connectivity index (χ2v) is 7.99. The Morgan fingerprint density at radius 2 is 1.96 bits per heavy atom. The van der Waals surface area contributed by atoms with Crippen molar-refractivity contribution in [1.82, 2.24) is 9.80 Å². The lowest BCUT2D eigenvalue weighted by Gasteiger charge is -2.57. The zero-order valence-electron chi connectivity index (χ0n) is 15.6. The first-order chi connectivity index (χ1) is 12.4. The Balaban J connectivity index is 1.78. The zero-order chi connectivity index (χ0) is 18.5. The smallest absolute Gasteiger partial charge is 0.253 e. The number of carbonyl (C=O) groups is 1. The molecule has 1 aliphatic heterocycles. The van der Waals surface area contributed by atoms with Gasteiger partial charge in [0.2, 0.25) is 0 Å². The summed E-state index contributed by atoms with van der Waals surface area (Å²) in [5.41, 5.74) is 3.04. The van der Waals surface area contributed by atoms with Gasteiger partial charge in [0.1, 0.15) is 5.75 Å². The van der Waals surface area contributed by atoms with Gasteiger partial charge in [0.25, 0.3) is 5.91 Å². The number of piperidine rings is 1. The van der Waals surface area contributed by atoms with Gasteiger partial charge >= 0.3 is 0 Å². The van der Waals surface area contributed by atoms with Gasteiger partial charge < -0.3 is 14.9 Å². The van der Waals surface area contributed by atoms with Crippen molar-refractivity contribution in [3.05, 3.63) is 65.2 Å². The van der Waals surface area contributed by atoms with Crippen LogP contribution in [0.5, 0.6) is 5.75 Å². The van der Waals surface area contributed by atoms with E-state index < -0.39 is 0 Å². The maximum Gasteiger partial charge on any atom is 0.253 e. The molecule has 2 aliphatic rings. The molecular formula is C22H26N2O2. The van der Waals surface area contributed by atoms with Crippen molar-refractivity contribution in [1.29, 1.82) is 0 Å². The third-order valence-electron chi connectivity index (χ3n) is 6.46. The fourth-order valence-corrected chi connectivity index (χ4v) is 5.05. The highest BCUT2D eigenvalue weighted by atomic mass is 16.3. The lowest BCUT2D eigenvalue weighted by Crippen LogP contribution is -2.67. The molecule has 0 unspecified atom stereocenters. The van der Waals surface area contributed by atoms with Crippen molar-refractivity contribution in [2.24, 2.45) is 0 Å². The largest absolute Gasteiger partial charge is 0.508 e. The van der Waals surface area contributed by atoms with Crippen LogP contribution >= 0.6 is 0 Å². The van der Waals surface area contributed by atoms with Crippen molar-refractivity contribution in [3.63, 3.8) is 0 Å². The second kappa shape index (κ2) is 6.13. The van der Waals surface area contributed by atoms with Gasteiger partial charge in [0.05, 0.1) is 6.04 Å². The molecule has 2 aromatic carbocycles. The van der Waals surface area contributed by atoms with Gasteiger partial charge in [-0.2, -0.15) is 0 Å². The van der Waals surface area contributed by atoms with Gasteiger partial charge in [0, 0.05) is 24.1 Å². The first-order valence-corrected chi connectivity index (χ1v) is 9.26. The minimum atomic E-state index is -0.164. The third kappa shape index (κ3) is 2.52. The number of likely N-dealkylation sites (N-methyl/N-ethyl adjacent to an activating group) is 2. The Labute approximate surface area is 155 Å². The molecule has 4 rings (SSSR count). The van der Waals surface area contributed by atoms with E-state index in [-0.39, 0.29) is 23.4 Å². The van der Waals surface area contributed by atoms with E-state index in [1.165, 1.54) is 11.1 Å². The summed E-state index contributed by atoms with van der Waals surface area (Å²) in [5.74, 6) is 0.365. The van der Waals surface area contributed by atoms with Crippen LogP contribution in [0.25, 0.3) is 0 Å². The van der Waals surface area contributed by atoms with Crippen molar-refractivity contribution in [2.75, 3.05) is 20.6 Å². The van der Waals surface area contributed by atoms with Gasteiger partial charge in [0.15, 0.2) is 0 Å². The van der Waals surface area contributed by atoms with Gasteiger partial charge in [-0.3, -0.25) is 4.79 Å². The van der Waals surface area contributed by atoms with Crippen LogP contribution in [-0.4, -0.2) is 53.5 Å². The molecule has 2 bridgehead atoms. The number of likely N-dealkylation sites (tertiary alicyclic amines) is 1. The lowest BCUT2D eigenvalue weighted by atomic mass is 9.61. The predicted molar refractivity (Wildman–Crippen MR) is 103 cm³/mol. The number of benzene rings is 2. The minimum absolute atomic E-state index is 0.0609. The van der Waals surface area contributed by atoms with Crippen LogP contribution in [0.1, 0.15) is 34.8 Å². The molecule has 4 nitrogen and oxygen atoms in total. The summed E-state index contributed by atoms with van der Waals surface area (Å²) in [6.45, 7) is 3.25. The Morgan fingerprint density at radius 3 is 2.69 bits per heavy atom. The summed E-state index contributed by atoms with van der Waals surface area (Å²) < 4.78 is 0. The first-order valence-electron chi connectivity index (χ1n) is 9.26. The van der Waals surface area contributed by atoms with E-state index in [0.29, 0.717) is 5.75 Å². The van der Waals surface area contributed by atoms with Crippen LogP contribution in [0.3, 0.4) is 0 Å². The standard InChI is InChI=1S/C22H26N2O2/c1-22-11-12-23(2)19(13-16-9-10-17(25)14-18(16)22)20(22)24(3)21(26)15-7-5-4-6-8-15/h4-10,14,19-20,25H,11-13H2,1-3H3/t19-,20+,22+/m1/s1. The van der Waals surface area contributed by atoms with Crippen molar-refractivity contribution < 1.29 is 9.90 Å². The first kappa shape index (κ1) is 17.1. The number of phenolic OH excluding ortho intramolecular Hbond substituents is 1. The van der Waals surface area contributed by atoms with Crippen LogP contribution in [0.15, 0.2) is 48.5 Å². The number of amides is 1. The average molecular weight is 350 g/mol. The van der Waals surface area contributed by atoms with E-state index in [9.17, 15) is 9.90 Å². The summed E-state index contributed by atoms with van der Waals surface area (Å²) >= 11 is 0. The summed E-state index contributed by atoms with van der Waals surface area (Å²) in [5, 5.41) is 10.1. The van der Waals surface area contributed by atoms with Gasteiger partial charge in [-0.25, -0.2) is 0 Å². The molecule has 1 aliphatic carbocycles. The maximum atomic E-state index is 13.2.